The molecule has 0 saturated heterocycles. The summed E-state index contributed by atoms with van der Waals surface area (Å²) in [6.45, 7) is 7.80. The molecule has 1 rings (SSSR count). The third-order valence-corrected chi connectivity index (χ3v) is 8.27. The zero-order valence-electron chi connectivity index (χ0n) is 7.31. The highest BCUT2D eigenvalue weighted by Gasteiger charge is 2.31. The van der Waals surface area contributed by atoms with Gasteiger partial charge in [0.2, 0.25) is 0 Å². The predicted molar refractivity (Wildman–Crippen MR) is 58.6 cm³/mol. The van der Waals surface area contributed by atoms with Crippen LogP contribution in [0, 0.1) is 0 Å². The smallest absolute Gasteiger partial charge is 0.0479 e. The highest BCUT2D eigenvalue weighted by atomic mass is 28.3. The summed E-state index contributed by atoms with van der Waals surface area (Å²) in [4.78, 5) is 0. The van der Waals surface area contributed by atoms with Crippen LogP contribution in [0.25, 0.3) is 0 Å². The van der Waals surface area contributed by atoms with E-state index in [9.17, 15) is 0 Å². The quantitative estimate of drug-likeness (QED) is 0.575. The Kier molecular flexibility index (Phi) is 3.33. The molecule has 0 aliphatic heterocycles. The van der Waals surface area contributed by atoms with Crippen LogP contribution in [-0.4, -0.2) is 19.0 Å². The van der Waals surface area contributed by atoms with Gasteiger partial charge >= 0.3 is 0 Å². The Bertz CT molecular complexity index is 134. The molecule has 2 heteroatoms. The summed E-state index contributed by atoms with van der Waals surface area (Å²) in [5.41, 5.74) is 4.48. The van der Waals surface area contributed by atoms with Crippen molar-refractivity contribution in [1.29, 1.82) is 0 Å². The molecular weight excluding hydrogens is 164 g/mol. The van der Waals surface area contributed by atoms with E-state index in [1.54, 1.807) is 0 Å². The van der Waals surface area contributed by atoms with Gasteiger partial charge < -0.3 is 0 Å². The minimum absolute atomic E-state index is 0.0347. The fourth-order valence-electron chi connectivity index (χ4n) is 2.23. The molecule has 0 spiro atoms. The van der Waals surface area contributed by atoms with Crippen LogP contribution in [0.15, 0.2) is 24.6 Å². The molecule has 1 fully saturated rings. The highest BCUT2D eigenvalue weighted by Crippen LogP contribution is 2.42. The van der Waals surface area contributed by atoms with Gasteiger partial charge in [0, 0.05) is 19.0 Å². The van der Waals surface area contributed by atoms with Crippen molar-refractivity contribution in [3.05, 3.63) is 24.6 Å². The molecule has 0 aromatic carbocycles. The summed E-state index contributed by atoms with van der Waals surface area (Å²) in [7, 11) is 0.0694. The Morgan fingerprint density at radius 3 is 1.82 bits per heavy atom. The van der Waals surface area contributed by atoms with Crippen LogP contribution in [0.4, 0.5) is 0 Å². The summed E-state index contributed by atoms with van der Waals surface area (Å²) >= 11 is 0. The largest absolute Gasteiger partial charge is 0.108 e. The van der Waals surface area contributed by atoms with Crippen molar-refractivity contribution in [2.24, 2.45) is 0 Å². The van der Waals surface area contributed by atoms with E-state index in [4.69, 9.17) is 0 Å². The molecule has 1 aliphatic rings. The maximum absolute atomic E-state index is 3.90. The molecule has 1 aliphatic carbocycles. The molecule has 1 saturated carbocycles. The molecule has 0 atom stereocenters. The molecule has 0 heterocycles. The third-order valence-electron chi connectivity index (χ3n) is 2.82. The zero-order valence-corrected chi connectivity index (χ0v) is 10.1. The minimum atomic E-state index is 0.0347. The number of hydrogen-bond donors (Lipinski definition) is 0. The van der Waals surface area contributed by atoms with Gasteiger partial charge in [0.15, 0.2) is 0 Å². The Morgan fingerprint density at radius 1 is 1.00 bits per heavy atom. The molecule has 0 bridgehead atoms. The molecule has 0 radical (unpaired) electrons. The van der Waals surface area contributed by atoms with E-state index in [0.29, 0.717) is 0 Å². The second kappa shape index (κ2) is 4.07. The SMILES string of the molecule is C=C[SiH2]C1([SiH2]C=C)CCCC1. The van der Waals surface area contributed by atoms with Crippen LogP contribution >= 0.6 is 0 Å². The molecule has 11 heavy (non-hydrogen) atoms. The van der Waals surface area contributed by atoms with Gasteiger partial charge in [-0.1, -0.05) is 25.7 Å². The van der Waals surface area contributed by atoms with E-state index in [0.717, 1.165) is 4.66 Å². The van der Waals surface area contributed by atoms with Crippen molar-refractivity contribution in [3.63, 3.8) is 0 Å². The zero-order chi connectivity index (χ0) is 8.16. The summed E-state index contributed by atoms with van der Waals surface area (Å²) in [6.07, 6.45) is 5.95. The molecule has 0 nitrogen and oxygen atoms in total. The first-order valence-corrected chi connectivity index (χ1v) is 7.59. The minimum Gasteiger partial charge on any atom is -0.108 e. The number of rotatable bonds is 4. The van der Waals surface area contributed by atoms with Gasteiger partial charge in [0.05, 0.1) is 0 Å². The van der Waals surface area contributed by atoms with Crippen molar-refractivity contribution in [2.45, 2.75) is 30.3 Å². The molecule has 0 N–H and O–H groups in total. The highest BCUT2D eigenvalue weighted by molar-refractivity contribution is 6.67. The van der Waals surface area contributed by atoms with E-state index in [-0.39, 0.29) is 19.0 Å². The van der Waals surface area contributed by atoms with Gasteiger partial charge in [-0.15, -0.1) is 24.6 Å². The first-order valence-electron chi connectivity index (χ1n) is 4.55. The lowest BCUT2D eigenvalue weighted by Crippen LogP contribution is -2.21. The van der Waals surface area contributed by atoms with E-state index < -0.39 is 0 Å². The fourth-order valence-corrected chi connectivity index (χ4v) is 7.16. The van der Waals surface area contributed by atoms with Crippen LogP contribution in [0.1, 0.15) is 25.7 Å². The fraction of sp³-hybridized carbons (Fsp3) is 0.556. The Morgan fingerprint density at radius 2 is 1.45 bits per heavy atom. The second-order valence-corrected chi connectivity index (χ2v) is 9.66. The maximum atomic E-state index is 3.90. The van der Waals surface area contributed by atoms with Crippen molar-refractivity contribution in [3.8, 4) is 0 Å². The van der Waals surface area contributed by atoms with Gasteiger partial charge in [-0.25, -0.2) is 0 Å². The maximum Gasteiger partial charge on any atom is 0.0479 e. The van der Waals surface area contributed by atoms with E-state index >= 15 is 0 Å². The van der Waals surface area contributed by atoms with Crippen molar-refractivity contribution in [2.75, 3.05) is 0 Å². The predicted octanol–water partition coefficient (Wildman–Crippen LogP) is 1.30. The third kappa shape index (κ3) is 2.17. The molecule has 0 amide bonds. The molecule has 0 aromatic heterocycles. The van der Waals surface area contributed by atoms with Crippen molar-refractivity contribution in [1.82, 2.24) is 0 Å². The Hall–Kier alpha value is -0.0862. The van der Waals surface area contributed by atoms with Crippen LogP contribution in [-0.2, 0) is 0 Å². The van der Waals surface area contributed by atoms with Gasteiger partial charge in [0.25, 0.3) is 0 Å². The Labute approximate surface area is 74.4 Å². The van der Waals surface area contributed by atoms with Crippen molar-refractivity contribution >= 4 is 19.0 Å². The standard InChI is InChI=1S/C9H18Si2/c1-3-10-9(11-4-2)7-5-6-8-9/h3-4H,1-2,5-8,10-11H2. The Balaban J connectivity index is 2.53. The van der Waals surface area contributed by atoms with Crippen molar-refractivity contribution < 1.29 is 0 Å². The molecule has 0 aromatic rings. The van der Waals surface area contributed by atoms with Crippen LogP contribution < -0.4 is 0 Å². The van der Waals surface area contributed by atoms with Crippen LogP contribution in [0.2, 0.25) is 4.66 Å². The lowest BCUT2D eigenvalue weighted by molar-refractivity contribution is 0.782. The average Bonchev–Trinajstić information content (AvgIpc) is 2.39. The lowest BCUT2D eigenvalue weighted by Gasteiger charge is -2.24. The average molecular weight is 182 g/mol. The van der Waals surface area contributed by atoms with Crippen LogP contribution in [0.3, 0.4) is 0 Å². The van der Waals surface area contributed by atoms with Gasteiger partial charge in [-0.05, 0) is 4.66 Å². The summed E-state index contributed by atoms with van der Waals surface area (Å²) in [6, 6.07) is 0. The van der Waals surface area contributed by atoms with Gasteiger partial charge in [-0.3, -0.25) is 0 Å². The summed E-state index contributed by atoms with van der Waals surface area (Å²) < 4.78 is 0.837. The van der Waals surface area contributed by atoms with Gasteiger partial charge in [-0.2, -0.15) is 0 Å². The second-order valence-electron chi connectivity index (χ2n) is 3.69. The molecule has 62 valence electrons. The monoisotopic (exact) mass is 182 g/mol. The molecule has 0 unspecified atom stereocenters. The van der Waals surface area contributed by atoms with Crippen LogP contribution in [0.5, 0.6) is 0 Å². The summed E-state index contributed by atoms with van der Waals surface area (Å²) in [5, 5.41) is 0. The van der Waals surface area contributed by atoms with E-state index in [1.165, 1.54) is 25.7 Å². The van der Waals surface area contributed by atoms with E-state index in [1.807, 2.05) is 0 Å². The normalized spacial score (nSPS) is 23.6. The lowest BCUT2D eigenvalue weighted by atomic mass is 10.3. The molecular formula is C9H18Si2. The van der Waals surface area contributed by atoms with E-state index in [2.05, 4.69) is 24.6 Å². The van der Waals surface area contributed by atoms with Gasteiger partial charge in [0.1, 0.15) is 0 Å². The number of hydrogen-bond acceptors (Lipinski definition) is 0. The first kappa shape index (κ1) is 9.01. The topological polar surface area (TPSA) is 0 Å². The summed E-state index contributed by atoms with van der Waals surface area (Å²) in [5.74, 6) is 0. The first-order chi connectivity index (χ1) is 5.33.